The van der Waals surface area contributed by atoms with E-state index in [4.69, 9.17) is 4.74 Å². The van der Waals surface area contributed by atoms with Crippen LogP contribution >= 0.6 is 0 Å². The summed E-state index contributed by atoms with van der Waals surface area (Å²) in [6.45, 7) is 5.32. The van der Waals surface area contributed by atoms with Gasteiger partial charge in [-0.05, 0) is 76.1 Å². The van der Waals surface area contributed by atoms with Crippen molar-refractivity contribution in [2.75, 3.05) is 38.7 Å². The zero-order chi connectivity index (χ0) is 47.1. The first-order chi connectivity index (χ1) is 31.0. The number of rotatable bonds is 18. The molecule has 0 aliphatic carbocycles. The van der Waals surface area contributed by atoms with Gasteiger partial charge in [0.05, 0.1) is 18.8 Å². The van der Waals surface area contributed by atoms with E-state index in [9.17, 15) is 43.5 Å². The van der Waals surface area contributed by atoms with Crippen molar-refractivity contribution < 1.29 is 52.9 Å². The van der Waals surface area contributed by atoms with E-state index in [-0.39, 0.29) is 56.2 Å². The number of carbonyl (C=O) groups excluding carboxylic acids is 8. The van der Waals surface area contributed by atoms with E-state index in [2.05, 4.69) is 31.3 Å². The molecular formula is C47H59N7O11. The molecule has 0 aromatic heterocycles. The van der Waals surface area contributed by atoms with E-state index in [0.717, 1.165) is 23.1 Å². The maximum absolute atomic E-state index is 13.7. The van der Waals surface area contributed by atoms with Crippen molar-refractivity contribution in [2.45, 2.75) is 102 Å². The third-order valence-electron chi connectivity index (χ3n) is 10.9. The molecule has 7 amide bonds. The van der Waals surface area contributed by atoms with Gasteiger partial charge in [-0.2, -0.15) is 0 Å². The fourth-order valence-corrected chi connectivity index (χ4v) is 7.74. The summed E-state index contributed by atoms with van der Waals surface area (Å²) in [6, 6.07) is 20.5. The Morgan fingerprint density at radius 2 is 1.32 bits per heavy atom. The Hall–Kier alpha value is -6.82. The minimum atomic E-state index is -1.68. The molecule has 65 heavy (non-hydrogen) atoms. The molecular weight excluding hydrogens is 839 g/mol. The number of hydrogen-bond acceptors (Lipinski definition) is 11. The summed E-state index contributed by atoms with van der Waals surface area (Å²) in [5, 5.41) is 25.2. The van der Waals surface area contributed by atoms with Crippen LogP contribution in [-0.2, 0) is 55.9 Å². The number of likely N-dealkylation sites (tertiary alicyclic amines) is 2. The standard InChI is InChI=1S/C47H59N7O11/c1-47(2,3)52-43(60)36-21-14-25-53(36)44(61)40(57)33(27-30-15-7-5-8-16-30)50-39(56)29-65-37-22-12-11-19-32(37)49-38(55)23-24-48-41(58)34(28-31-17-9-6-10-18-31)51-42(59)35-20-13-26-54(35)45(62)46(63)64-4/h5-12,15-19,22,33-36,40,57H,13-14,20-21,23-29H2,1-4H3,(H,48,58)(H,49,55)(H,50,56)(H,51,59)(H,52,60)/t33-,34+,35-,36-,40-/m0/s1. The van der Waals surface area contributed by atoms with Gasteiger partial charge in [0, 0.05) is 38.0 Å². The Kier molecular flexibility index (Phi) is 17.6. The van der Waals surface area contributed by atoms with Crippen LogP contribution in [0.4, 0.5) is 5.69 Å². The van der Waals surface area contributed by atoms with Gasteiger partial charge in [0.2, 0.25) is 23.6 Å². The highest BCUT2D eigenvalue weighted by molar-refractivity contribution is 6.32. The number of carbonyl (C=O) groups is 8. The van der Waals surface area contributed by atoms with Gasteiger partial charge in [0.1, 0.15) is 23.9 Å². The van der Waals surface area contributed by atoms with Crippen molar-refractivity contribution in [1.29, 1.82) is 0 Å². The number of methoxy groups -OCH3 is 1. The van der Waals surface area contributed by atoms with Crippen LogP contribution in [0, 0.1) is 0 Å². The number of anilines is 1. The highest BCUT2D eigenvalue weighted by Crippen LogP contribution is 2.25. The molecule has 18 heteroatoms. The van der Waals surface area contributed by atoms with E-state index < -0.39 is 83.8 Å². The Bertz CT molecular complexity index is 2170. The van der Waals surface area contributed by atoms with Gasteiger partial charge in [-0.3, -0.25) is 33.6 Å². The number of aliphatic hydroxyl groups is 1. The summed E-state index contributed by atoms with van der Waals surface area (Å²) < 4.78 is 10.4. The number of ether oxygens (including phenoxy) is 2. The molecule has 6 N–H and O–H groups in total. The molecule has 348 valence electrons. The van der Waals surface area contributed by atoms with Crippen molar-refractivity contribution >= 4 is 53.0 Å². The predicted molar refractivity (Wildman–Crippen MR) is 238 cm³/mol. The number of amides is 7. The van der Waals surface area contributed by atoms with Crippen LogP contribution in [0.1, 0.15) is 64.0 Å². The molecule has 3 aromatic carbocycles. The Balaban J connectivity index is 1.17. The number of para-hydroxylation sites is 2. The summed E-state index contributed by atoms with van der Waals surface area (Å²) >= 11 is 0. The smallest absolute Gasteiger partial charge is 0.396 e. The molecule has 5 atom stereocenters. The number of nitrogens with one attached hydrogen (secondary N) is 5. The van der Waals surface area contributed by atoms with Gasteiger partial charge in [0.25, 0.3) is 11.8 Å². The zero-order valence-corrected chi connectivity index (χ0v) is 37.2. The lowest BCUT2D eigenvalue weighted by Gasteiger charge is -2.32. The van der Waals surface area contributed by atoms with Crippen LogP contribution < -0.4 is 31.3 Å². The van der Waals surface area contributed by atoms with E-state index >= 15 is 0 Å². The highest BCUT2D eigenvalue weighted by atomic mass is 16.5. The summed E-state index contributed by atoms with van der Waals surface area (Å²) in [5.74, 6) is -5.21. The first-order valence-electron chi connectivity index (χ1n) is 21.7. The minimum Gasteiger partial charge on any atom is -0.482 e. The minimum absolute atomic E-state index is 0.103. The molecule has 3 aromatic rings. The van der Waals surface area contributed by atoms with E-state index in [0.29, 0.717) is 25.7 Å². The SMILES string of the molecule is COC(=O)C(=O)N1CCC[C@H]1C(=O)N[C@H](Cc1ccccc1)C(=O)NCCC(=O)Nc1ccccc1OCC(=O)N[C@@H](Cc1ccccc1)[C@H](O)C(=O)N1CCC[C@H]1C(=O)NC(C)(C)C. The Morgan fingerprint density at radius 1 is 0.738 bits per heavy atom. The summed E-state index contributed by atoms with van der Waals surface area (Å²) in [4.78, 5) is 107. The summed E-state index contributed by atoms with van der Waals surface area (Å²) in [6.07, 6.45) is 0.146. The fraction of sp³-hybridized carbons (Fsp3) is 0.447. The number of esters is 1. The molecule has 5 rings (SSSR count). The van der Waals surface area contributed by atoms with Crippen LogP contribution in [0.25, 0.3) is 0 Å². The Morgan fingerprint density at radius 3 is 1.95 bits per heavy atom. The third-order valence-corrected chi connectivity index (χ3v) is 10.9. The average molecular weight is 898 g/mol. The highest BCUT2D eigenvalue weighted by Gasteiger charge is 2.41. The van der Waals surface area contributed by atoms with Crippen molar-refractivity contribution in [1.82, 2.24) is 31.1 Å². The van der Waals surface area contributed by atoms with Crippen molar-refractivity contribution in [3.8, 4) is 5.75 Å². The molecule has 0 saturated carbocycles. The van der Waals surface area contributed by atoms with Gasteiger partial charge in [-0.1, -0.05) is 72.8 Å². The topological polar surface area (TPSA) is 242 Å². The fourth-order valence-electron chi connectivity index (χ4n) is 7.74. The normalized spacial score (nSPS) is 17.2. The molecule has 2 heterocycles. The number of benzene rings is 3. The second kappa shape index (κ2) is 23.2. The maximum Gasteiger partial charge on any atom is 0.396 e. The van der Waals surface area contributed by atoms with Crippen LogP contribution in [0.3, 0.4) is 0 Å². The largest absolute Gasteiger partial charge is 0.482 e. The van der Waals surface area contributed by atoms with Crippen molar-refractivity contribution in [3.05, 3.63) is 96.1 Å². The zero-order valence-electron chi connectivity index (χ0n) is 37.2. The van der Waals surface area contributed by atoms with Gasteiger partial charge < -0.3 is 51.0 Å². The lowest BCUT2D eigenvalue weighted by molar-refractivity contribution is -0.159. The van der Waals surface area contributed by atoms with Gasteiger partial charge in [-0.15, -0.1) is 0 Å². The van der Waals surface area contributed by atoms with Crippen molar-refractivity contribution in [2.24, 2.45) is 0 Å². The molecule has 18 nitrogen and oxygen atoms in total. The number of aliphatic hydroxyl groups excluding tert-OH is 1. The second-order valence-corrected chi connectivity index (χ2v) is 17.0. The van der Waals surface area contributed by atoms with Gasteiger partial charge >= 0.3 is 11.9 Å². The number of hydrogen-bond donors (Lipinski definition) is 6. The van der Waals surface area contributed by atoms with Gasteiger partial charge in [-0.25, -0.2) is 4.79 Å². The van der Waals surface area contributed by atoms with Crippen LogP contribution in [-0.4, -0.2) is 131 Å². The number of nitrogens with zero attached hydrogens (tertiary/aromatic N) is 2. The first kappa shape index (κ1) is 49.2. The third kappa shape index (κ3) is 14.3. The van der Waals surface area contributed by atoms with Crippen molar-refractivity contribution in [3.63, 3.8) is 0 Å². The van der Waals surface area contributed by atoms with E-state index in [1.54, 1.807) is 72.8 Å². The molecule has 2 aliphatic rings. The molecule has 2 fully saturated rings. The van der Waals surface area contributed by atoms with Crippen LogP contribution in [0.2, 0.25) is 0 Å². The van der Waals surface area contributed by atoms with Crippen LogP contribution in [0.15, 0.2) is 84.9 Å². The monoisotopic (exact) mass is 897 g/mol. The molecule has 2 aliphatic heterocycles. The molecule has 0 bridgehead atoms. The molecule has 2 saturated heterocycles. The average Bonchev–Trinajstić information content (AvgIpc) is 3.99. The quantitative estimate of drug-likeness (QED) is 0.0788. The van der Waals surface area contributed by atoms with E-state index in [1.807, 2.05) is 32.9 Å². The van der Waals surface area contributed by atoms with Gasteiger partial charge in [0.15, 0.2) is 12.7 Å². The lowest BCUT2D eigenvalue weighted by atomic mass is 9.99. The molecule has 0 radical (unpaired) electrons. The summed E-state index contributed by atoms with van der Waals surface area (Å²) in [7, 11) is 1.08. The first-order valence-corrected chi connectivity index (χ1v) is 21.7. The Labute approximate surface area is 378 Å². The predicted octanol–water partition coefficient (Wildman–Crippen LogP) is 1.40. The second-order valence-electron chi connectivity index (χ2n) is 17.0. The summed E-state index contributed by atoms with van der Waals surface area (Å²) in [5.41, 5.74) is 1.21. The lowest BCUT2D eigenvalue weighted by Crippen LogP contribution is -2.57. The molecule has 0 unspecified atom stereocenters. The van der Waals surface area contributed by atoms with E-state index in [1.165, 1.54) is 4.90 Å². The van der Waals surface area contributed by atoms with Crippen LogP contribution in [0.5, 0.6) is 5.75 Å². The molecule has 0 spiro atoms. The maximum atomic E-state index is 13.7.